The molecule has 2 aromatic heterocycles. The summed E-state index contributed by atoms with van der Waals surface area (Å²) in [7, 11) is 0. The van der Waals surface area contributed by atoms with E-state index in [4.69, 9.17) is 4.52 Å². The lowest BCUT2D eigenvalue weighted by Crippen LogP contribution is -2.47. The highest BCUT2D eigenvalue weighted by Gasteiger charge is 2.29. The highest BCUT2D eigenvalue weighted by molar-refractivity contribution is 4.93. The molecule has 96 valence electrons. The molecule has 1 aliphatic rings. The first-order valence-electron chi connectivity index (χ1n) is 6.38. The molecule has 6 nitrogen and oxygen atoms in total. The summed E-state index contributed by atoms with van der Waals surface area (Å²) in [5, 5.41) is 8.24. The third kappa shape index (κ3) is 2.28. The van der Waals surface area contributed by atoms with Crippen LogP contribution in [0.5, 0.6) is 0 Å². The Kier molecular flexibility index (Phi) is 3.10. The van der Waals surface area contributed by atoms with Gasteiger partial charge in [-0.25, -0.2) is 0 Å². The summed E-state index contributed by atoms with van der Waals surface area (Å²) in [5.74, 6) is 1.54. The molecular weight excluding hydrogens is 230 g/mol. The van der Waals surface area contributed by atoms with Gasteiger partial charge in [-0.15, -0.1) is 0 Å². The van der Waals surface area contributed by atoms with Gasteiger partial charge in [-0.05, 0) is 12.5 Å². The monoisotopic (exact) mass is 247 g/mol. The molecule has 0 amide bonds. The van der Waals surface area contributed by atoms with Crippen molar-refractivity contribution in [2.75, 3.05) is 13.1 Å². The Morgan fingerprint density at radius 1 is 1.44 bits per heavy atom. The second-order valence-electron chi connectivity index (χ2n) is 4.69. The number of aryl methyl sites for hydroxylation is 1. The first-order valence-corrected chi connectivity index (χ1v) is 6.38. The van der Waals surface area contributed by atoms with Crippen LogP contribution in [-0.4, -0.2) is 37.9 Å². The van der Waals surface area contributed by atoms with Gasteiger partial charge in [-0.1, -0.05) is 12.1 Å². The van der Waals surface area contributed by atoms with Crippen molar-refractivity contribution in [2.24, 2.45) is 0 Å². The van der Waals surface area contributed by atoms with E-state index in [2.05, 4.69) is 27.1 Å². The predicted octanol–water partition coefficient (Wildman–Crippen LogP) is 1.28. The Morgan fingerprint density at radius 3 is 3.06 bits per heavy atom. The first-order chi connectivity index (χ1) is 8.85. The minimum absolute atomic E-state index is 0.488. The van der Waals surface area contributed by atoms with Crippen LogP contribution < -0.4 is 0 Å². The van der Waals surface area contributed by atoms with Crippen LogP contribution in [0.25, 0.3) is 0 Å². The summed E-state index contributed by atoms with van der Waals surface area (Å²) in [4.78, 5) is 6.67. The van der Waals surface area contributed by atoms with Crippen LogP contribution in [0.15, 0.2) is 23.0 Å². The van der Waals surface area contributed by atoms with Crippen LogP contribution in [0.2, 0.25) is 0 Å². The average Bonchev–Trinajstić information content (AvgIpc) is 2.94. The summed E-state index contributed by atoms with van der Waals surface area (Å²) in [6, 6.07) is 2.45. The summed E-state index contributed by atoms with van der Waals surface area (Å²) in [6.45, 7) is 4.87. The topological polar surface area (TPSA) is 60.0 Å². The van der Waals surface area contributed by atoms with Crippen molar-refractivity contribution < 1.29 is 4.52 Å². The molecule has 0 saturated carbocycles. The van der Waals surface area contributed by atoms with Crippen molar-refractivity contribution in [1.82, 2.24) is 24.8 Å². The third-order valence-electron chi connectivity index (χ3n) is 3.18. The molecule has 0 bridgehead atoms. The molecule has 2 aromatic rings. The van der Waals surface area contributed by atoms with Crippen molar-refractivity contribution in [3.05, 3.63) is 30.2 Å². The number of aromatic nitrogens is 4. The van der Waals surface area contributed by atoms with E-state index >= 15 is 0 Å². The molecule has 0 aliphatic carbocycles. The maximum Gasteiger partial charge on any atom is 0.226 e. The number of hydrogen-bond donors (Lipinski definition) is 0. The zero-order chi connectivity index (χ0) is 12.4. The van der Waals surface area contributed by atoms with Gasteiger partial charge >= 0.3 is 0 Å². The van der Waals surface area contributed by atoms with E-state index in [1.807, 2.05) is 23.1 Å². The summed E-state index contributed by atoms with van der Waals surface area (Å²) in [5.41, 5.74) is 0. The van der Waals surface area contributed by atoms with Gasteiger partial charge in [0, 0.05) is 31.9 Å². The van der Waals surface area contributed by atoms with Gasteiger partial charge in [0.15, 0.2) is 5.82 Å². The molecule has 0 radical (unpaired) electrons. The number of nitrogens with zero attached hydrogens (tertiary/aromatic N) is 5. The smallest absolute Gasteiger partial charge is 0.226 e. The Morgan fingerprint density at radius 2 is 2.33 bits per heavy atom. The molecule has 0 unspecified atom stereocenters. The molecule has 0 spiro atoms. The largest absolute Gasteiger partial charge is 0.339 e. The highest BCUT2D eigenvalue weighted by Crippen LogP contribution is 2.21. The van der Waals surface area contributed by atoms with Crippen molar-refractivity contribution in [1.29, 1.82) is 0 Å². The van der Waals surface area contributed by atoms with Gasteiger partial charge in [0.05, 0.1) is 12.6 Å². The second kappa shape index (κ2) is 4.89. The molecule has 0 aromatic carbocycles. The molecule has 0 N–H and O–H groups in total. The van der Waals surface area contributed by atoms with E-state index in [0.717, 1.165) is 44.2 Å². The Labute approximate surface area is 106 Å². The minimum atomic E-state index is 0.488. The number of rotatable bonds is 5. The Hall–Kier alpha value is -1.69. The normalized spacial score (nSPS) is 16.9. The lowest BCUT2D eigenvalue weighted by Gasteiger charge is -2.38. The van der Waals surface area contributed by atoms with Crippen molar-refractivity contribution >= 4 is 0 Å². The zero-order valence-corrected chi connectivity index (χ0v) is 10.5. The van der Waals surface area contributed by atoms with Crippen LogP contribution in [0, 0.1) is 0 Å². The molecular formula is C12H17N5O. The second-order valence-corrected chi connectivity index (χ2v) is 4.69. The molecule has 0 atom stereocenters. The molecule has 1 aliphatic heterocycles. The van der Waals surface area contributed by atoms with Gasteiger partial charge in [0.2, 0.25) is 5.89 Å². The van der Waals surface area contributed by atoms with Crippen LogP contribution in [0.1, 0.15) is 31.1 Å². The van der Waals surface area contributed by atoms with Gasteiger partial charge < -0.3 is 4.52 Å². The maximum atomic E-state index is 5.17. The molecule has 1 saturated heterocycles. The zero-order valence-electron chi connectivity index (χ0n) is 10.5. The van der Waals surface area contributed by atoms with Crippen LogP contribution in [0.3, 0.4) is 0 Å². The van der Waals surface area contributed by atoms with Crippen LogP contribution >= 0.6 is 0 Å². The fourth-order valence-electron chi connectivity index (χ4n) is 2.21. The molecule has 3 rings (SSSR count). The fraction of sp³-hybridized carbons (Fsp3) is 0.583. The van der Waals surface area contributed by atoms with E-state index in [1.165, 1.54) is 0 Å². The Balaban J connectivity index is 1.50. The Bertz CT molecular complexity index is 486. The van der Waals surface area contributed by atoms with Crippen LogP contribution in [0.4, 0.5) is 0 Å². The van der Waals surface area contributed by atoms with Crippen molar-refractivity contribution in [2.45, 2.75) is 32.4 Å². The fourth-order valence-corrected chi connectivity index (χ4v) is 2.21. The minimum Gasteiger partial charge on any atom is -0.339 e. The van der Waals surface area contributed by atoms with E-state index < -0.39 is 0 Å². The summed E-state index contributed by atoms with van der Waals surface area (Å²) < 4.78 is 7.18. The van der Waals surface area contributed by atoms with E-state index in [0.29, 0.717) is 6.04 Å². The predicted molar refractivity (Wildman–Crippen MR) is 64.8 cm³/mol. The number of likely N-dealkylation sites (tertiary alicyclic amines) is 1. The van der Waals surface area contributed by atoms with Crippen molar-refractivity contribution in [3.8, 4) is 0 Å². The standard InChI is InChI=1S/C12H17N5O/c1-2-4-12-14-11(15-18-12)9-16-7-10(8-16)17-6-3-5-13-17/h3,5-6,10H,2,4,7-9H2,1H3. The van der Waals surface area contributed by atoms with Gasteiger partial charge in [-0.2, -0.15) is 10.1 Å². The van der Waals surface area contributed by atoms with Gasteiger partial charge in [0.1, 0.15) is 0 Å². The first kappa shape index (κ1) is 11.4. The average molecular weight is 247 g/mol. The SMILES string of the molecule is CCCc1nc(CN2CC(n3cccn3)C2)no1. The van der Waals surface area contributed by atoms with Crippen LogP contribution in [-0.2, 0) is 13.0 Å². The third-order valence-corrected chi connectivity index (χ3v) is 3.18. The summed E-state index contributed by atoms with van der Waals surface area (Å²) >= 11 is 0. The lowest BCUT2D eigenvalue weighted by molar-refractivity contribution is 0.0872. The van der Waals surface area contributed by atoms with Gasteiger partial charge in [0.25, 0.3) is 0 Å². The molecule has 1 fully saturated rings. The van der Waals surface area contributed by atoms with E-state index in [9.17, 15) is 0 Å². The van der Waals surface area contributed by atoms with Gasteiger partial charge in [-0.3, -0.25) is 9.58 Å². The molecule has 3 heterocycles. The quantitative estimate of drug-likeness (QED) is 0.796. The maximum absolute atomic E-state index is 5.17. The highest BCUT2D eigenvalue weighted by atomic mass is 16.5. The summed E-state index contributed by atoms with van der Waals surface area (Å²) in [6.07, 6.45) is 5.73. The lowest BCUT2D eigenvalue weighted by atomic mass is 10.1. The molecule has 18 heavy (non-hydrogen) atoms. The van der Waals surface area contributed by atoms with E-state index in [-0.39, 0.29) is 0 Å². The molecule has 6 heteroatoms. The van der Waals surface area contributed by atoms with Crippen molar-refractivity contribution in [3.63, 3.8) is 0 Å². The number of hydrogen-bond acceptors (Lipinski definition) is 5. The van der Waals surface area contributed by atoms with E-state index in [1.54, 1.807) is 0 Å².